The van der Waals surface area contributed by atoms with Crippen LogP contribution < -0.4 is 5.32 Å². The number of unbranched alkanes of at least 4 members (excludes halogenated alkanes) is 2. The maximum Gasteiger partial charge on any atom is 0.248 e. The summed E-state index contributed by atoms with van der Waals surface area (Å²) in [6, 6.07) is -0.346. The number of likely N-dealkylation sites (tertiary alicyclic amines) is 1. The molecule has 1 rings (SSSR count). The van der Waals surface area contributed by atoms with Crippen LogP contribution in [0.3, 0.4) is 0 Å². The third kappa shape index (κ3) is 10.0. The van der Waals surface area contributed by atoms with E-state index in [4.69, 9.17) is 14.2 Å². The molecule has 164 valence electrons. The van der Waals surface area contributed by atoms with E-state index in [-0.39, 0.29) is 44.2 Å². The third-order valence-electron chi connectivity index (χ3n) is 4.43. The van der Waals surface area contributed by atoms with E-state index in [1.807, 2.05) is 6.92 Å². The summed E-state index contributed by atoms with van der Waals surface area (Å²) in [5.74, 6) is -0.00830. The van der Waals surface area contributed by atoms with Crippen LogP contribution in [-0.2, 0) is 18.6 Å². The minimum Gasteiger partial charge on any atom is -0.394 e. The number of nitrogens with one attached hydrogen (secondary N) is 1. The van der Waals surface area contributed by atoms with Gasteiger partial charge in [-0.3, -0.25) is 9.59 Å². The van der Waals surface area contributed by atoms with Crippen molar-refractivity contribution in [2.24, 2.45) is 0 Å². The Balaban J connectivity index is 2.31. The fourth-order valence-electron chi connectivity index (χ4n) is 3.04. The Hall–Kier alpha value is -0.960. The third-order valence-corrected chi connectivity index (χ3v) is 5.57. The number of carbonyl (C=O) groups excluding carboxylic acids is 2. The zero-order chi connectivity index (χ0) is 21.0. The molecule has 9 nitrogen and oxygen atoms in total. The first-order chi connectivity index (χ1) is 13.3. The molecule has 1 unspecified atom stereocenters. The second-order valence-electron chi connectivity index (χ2n) is 6.99. The Bertz CT molecular complexity index is 532. The molecule has 28 heavy (non-hydrogen) atoms. The van der Waals surface area contributed by atoms with E-state index in [2.05, 4.69) is 11.6 Å². The summed E-state index contributed by atoms with van der Waals surface area (Å²) < 4.78 is 10.3. The number of rotatable bonds is 14. The monoisotopic (exact) mass is 422 g/mol. The van der Waals surface area contributed by atoms with Crippen molar-refractivity contribution in [2.75, 3.05) is 32.9 Å². The fourth-order valence-corrected chi connectivity index (χ4v) is 3.89. The van der Waals surface area contributed by atoms with Gasteiger partial charge in [-0.15, -0.1) is 0 Å². The highest BCUT2D eigenvalue weighted by Gasteiger charge is 2.34. The minimum absolute atomic E-state index is 0.0193. The van der Waals surface area contributed by atoms with E-state index in [1.54, 1.807) is 4.90 Å². The van der Waals surface area contributed by atoms with E-state index in [1.165, 1.54) is 0 Å². The maximum atomic E-state index is 12.5. The molecule has 3 atom stereocenters. The van der Waals surface area contributed by atoms with Crippen molar-refractivity contribution in [3.63, 3.8) is 0 Å². The zero-order valence-electron chi connectivity index (χ0n) is 16.7. The quantitative estimate of drug-likeness (QED) is 0.239. The summed E-state index contributed by atoms with van der Waals surface area (Å²) in [5.41, 5.74) is 0. The summed E-state index contributed by atoms with van der Waals surface area (Å²) >= 11 is 0. The van der Waals surface area contributed by atoms with Gasteiger partial charge in [0.1, 0.15) is 0 Å². The molecule has 2 amide bonds. The first-order valence-corrected chi connectivity index (χ1v) is 11.7. The van der Waals surface area contributed by atoms with E-state index < -0.39 is 13.7 Å². The number of hydrogen-bond acceptors (Lipinski definition) is 7. The lowest BCUT2D eigenvalue weighted by Crippen LogP contribution is -2.38. The summed E-state index contributed by atoms with van der Waals surface area (Å²) in [6.45, 7) is 2.50. The topological polar surface area (TPSA) is 129 Å². The molecule has 0 spiro atoms. The average molecular weight is 422 g/mol. The molecule has 1 aliphatic heterocycles. The predicted octanol–water partition coefficient (Wildman–Crippen LogP) is 0.637. The molecule has 0 radical (unpaired) electrons. The lowest BCUT2D eigenvalue weighted by atomic mass is 10.1. The van der Waals surface area contributed by atoms with Crippen molar-refractivity contribution in [1.29, 1.82) is 0 Å². The van der Waals surface area contributed by atoms with Crippen molar-refractivity contribution >= 4 is 25.7 Å². The molecule has 1 fully saturated rings. The Morgan fingerprint density at radius 2 is 2.00 bits per heavy atom. The molecule has 0 aromatic heterocycles. The highest BCUT2D eigenvalue weighted by atomic mass is 31.2. The molecule has 0 aliphatic carbocycles. The van der Waals surface area contributed by atoms with Crippen LogP contribution in [0.15, 0.2) is 0 Å². The zero-order valence-corrected chi connectivity index (χ0v) is 17.6. The summed E-state index contributed by atoms with van der Waals surface area (Å²) in [5, 5.41) is 21.5. The Morgan fingerprint density at radius 3 is 2.68 bits per heavy atom. The Kier molecular flexibility index (Phi) is 11.9. The number of nitrogens with zero attached hydrogens (tertiary/aromatic N) is 1. The van der Waals surface area contributed by atoms with Gasteiger partial charge in [0.15, 0.2) is 0 Å². The number of aliphatic hydroxyl groups excluding tert-OH is 2. The van der Waals surface area contributed by atoms with Gasteiger partial charge in [-0.05, 0) is 32.0 Å². The standard InChI is InChI=1S/C18H35N2O7P/c1-3-7-17(23)19-9-6-4-5-8-18(24)20-13-16(22)12-15(20)14-27-28(2,25)26-11-10-21/h15-16,21-22,25H,2-14H2,1H3,(H,19,23)/t15-,16+,28?/m0/s1. The van der Waals surface area contributed by atoms with Crippen LogP contribution in [-0.4, -0.2) is 83.2 Å². The molecule has 0 bridgehead atoms. The first-order valence-electron chi connectivity index (χ1n) is 9.89. The minimum atomic E-state index is -3.30. The van der Waals surface area contributed by atoms with Crippen LogP contribution in [0.4, 0.5) is 0 Å². The average Bonchev–Trinajstić information content (AvgIpc) is 3.02. The van der Waals surface area contributed by atoms with E-state index in [0.29, 0.717) is 32.2 Å². The normalized spacial score (nSPS) is 21.5. The van der Waals surface area contributed by atoms with Gasteiger partial charge in [-0.2, -0.15) is 0 Å². The van der Waals surface area contributed by atoms with E-state index >= 15 is 0 Å². The lowest BCUT2D eigenvalue weighted by molar-refractivity contribution is -0.133. The van der Waals surface area contributed by atoms with E-state index in [0.717, 1.165) is 19.3 Å². The van der Waals surface area contributed by atoms with Crippen LogP contribution in [0, 0.1) is 0 Å². The molecular weight excluding hydrogens is 387 g/mol. The van der Waals surface area contributed by atoms with Crippen molar-refractivity contribution in [1.82, 2.24) is 10.2 Å². The Labute approximate surface area is 167 Å². The second-order valence-corrected chi connectivity index (χ2v) is 8.78. The van der Waals surface area contributed by atoms with Crippen molar-refractivity contribution in [2.45, 2.75) is 64.0 Å². The number of amides is 2. The largest absolute Gasteiger partial charge is 0.394 e. The van der Waals surface area contributed by atoms with Gasteiger partial charge in [-0.1, -0.05) is 13.3 Å². The number of β-amino-alcohol motifs (C(OH)–C–C–N with tert-alkyl or cyclic N) is 1. The van der Waals surface area contributed by atoms with Gasteiger partial charge in [0.25, 0.3) is 0 Å². The van der Waals surface area contributed by atoms with Crippen LogP contribution in [0.5, 0.6) is 0 Å². The SMILES string of the molecule is C=P(O)(OCCO)OC[C@@H]1C[C@@H](O)CN1C(=O)CCCCCNC(=O)CCC. The summed E-state index contributed by atoms with van der Waals surface area (Å²) in [7, 11) is -3.30. The predicted molar refractivity (Wildman–Crippen MR) is 108 cm³/mol. The van der Waals surface area contributed by atoms with Crippen LogP contribution in [0.1, 0.15) is 51.9 Å². The van der Waals surface area contributed by atoms with Crippen LogP contribution in [0.2, 0.25) is 0 Å². The van der Waals surface area contributed by atoms with Gasteiger partial charge in [0, 0.05) is 25.9 Å². The molecule has 1 heterocycles. The maximum absolute atomic E-state index is 12.5. The van der Waals surface area contributed by atoms with E-state index in [9.17, 15) is 19.6 Å². The molecule has 0 saturated carbocycles. The smallest absolute Gasteiger partial charge is 0.248 e. The highest BCUT2D eigenvalue weighted by molar-refractivity contribution is 7.58. The van der Waals surface area contributed by atoms with Gasteiger partial charge in [0.05, 0.1) is 32.0 Å². The molecule has 0 aromatic rings. The molecule has 1 saturated heterocycles. The molecule has 4 N–H and O–H groups in total. The molecule has 10 heteroatoms. The molecular formula is C18H35N2O7P. The lowest BCUT2D eigenvalue weighted by Gasteiger charge is -2.26. The van der Waals surface area contributed by atoms with Crippen molar-refractivity contribution in [3.05, 3.63) is 0 Å². The number of hydrogen-bond donors (Lipinski definition) is 4. The Morgan fingerprint density at radius 1 is 1.25 bits per heavy atom. The summed E-state index contributed by atoms with van der Waals surface area (Å²) in [6.07, 6.45) is 7.29. The first kappa shape index (κ1) is 25.1. The van der Waals surface area contributed by atoms with Gasteiger partial charge in [0.2, 0.25) is 19.4 Å². The van der Waals surface area contributed by atoms with Gasteiger partial charge in [-0.25, -0.2) is 0 Å². The number of carbonyl (C=O) groups is 2. The van der Waals surface area contributed by atoms with Crippen LogP contribution >= 0.6 is 7.57 Å². The molecule has 1 aliphatic rings. The fraction of sp³-hybridized carbons (Fsp3) is 0.833. The van der Waals surface area contributed by atoms with Crippen LogP contribution in [0.25, 0.3) is 0 Å². The molecule has 0 aromatic carbocycles. The number of aliphatic hydroxyl groups is 2. The van der Waals surface area contributed by atoms with Gasteiger partial charge >= 0.3 is 0 Å². The highest BCUT2D eigenvalue weighted by Crippen LogP contribution is 2.43. The van der Waals surface area contributed by atoms with Gasteiger partial charge < -0.3 is 34.4 Å². The van der Waals surface area contributed by atoms with Crippen molar-refractivity contribution in [3.8, 4) is 0 Å². The summed E-state index contributed by atoms with van der Waals surface area (Å²) in [4.78, 5) is 35.4. The second kappa shape index (κ2) is 13.3. The van der Waals surface area contributed by atoms with Crippen molar-refractivity contribution < 1.29 is 33.7 Å².